The van der Waals surface area contributed by atoms with Crippen molar-refractivity contribution in [2.24, 2.45) is 0 Å². The second kappa shape index (κ2) is 8.12. The van der Waals surface area contributed by atoms with Gasteiger partial charge in [0.1, 0.15) is 22.0 Å². The van der Waals surface area contributed by atoms with Crippen molar-refractivity contribution in [2.75, 3.05) is 7.11 Å². The van der Waals surface area contributed by atoms with Crippen LogP contribution in [0.3, 0.4) is 0 Å². The van der Waals surface area contributed by atoms with Gasteiger partial charge in [0, 0.05) is 16.5 Å². The zero-order valence-electron chi connectivity index (χ0n) is 17.6. The zero-order chi connectivity index (χ0) is 22.1. The molecule has 0 aliphatic heterocycles. The molecule has 1 amide bonds. The summed E-state index contributed by atoms with van der Waals surface area (Å²) in [5.41, 5.74) is 0.255. The number of amides is 1. The highest BCUT2D eigenvalue weighted by atomic mass is 32.2. The lowest BCUT2D eigenvalue weighted by Gasteiger charge is -2.21. The molecule has 3 rings (SSSR count). The molecule has 0 fully saturated rings. The summed E-state index contributed by atoms with van der Waals surface area (Å²) in [6, 6.07) is 13.4. The van der Waals surface area contributed by atoms with Crippen molar-refractivity contribution in [1.29, 1.82) is 0 Å². The van der Waals surface area contributed by atoms with Crippen molar-refractivity contribution in [3.05, 3.63) is 59.9 Å². The van der Waals surface area contributed by atoms with Crippen LogP contribution in [-0.4, -0.2) is 27.0 Å². The van der Waals surface area contributed by atoms with E-state index in [2.05, 4.69) is 10.0 Å². The van der Waals surface area contributed by atoms with Crippen LogP contribution >= 0.6 is 0 Å². The summed E-state index contributed by atoms with van der Waals surface area (Å²) >= 11 is 0. The molecule has 0 aliphatic rings. The average Bonchev–Trinajstić information content (AvgIpc) is 3.10. The molecule has 1 unspecified atom stereocenters. The molecule has 3 aromatic rings. The molecule has 1 aromatic heterocycles. The lowest BCUT2D eigenvalue weighted by Crippen LogP contribution is -2.40. The smallest absolute Gasteiger partial charge is 0.251 e. The first-order chi connectivity index (χ1) is 14.0. The number of sulfonamides is 1. The van der Waals surface area contributed by atoms with Gasteiger partial charge < -0.3 is 14.5 Å². The van der Waals surface area contributed by atoms with Gasteiger partial charge in [0.25, 0.3) is 5.91 Å². The van der Waals surface area contributed by atoms with Crippen LogP contribution in [0, 0.1) is 0 Å². The van der Waals surface area contributed by atoms with E-state index in [9.17, 15) is 13.2 Å². The number of nitrogens with one attached hydrogen (secondary N) is 2. The molecule has 2 aromatic carbocycles. The summed E-state index contributed by atoms with van der Waals surface area (Å²) in [5, 5.41) is 3.79. The van der Waals surface area contributed by atoms with Crippen LogP contribution < -0.4 is 14.8 Å². The van der Waals surface area contributed by atoms with E-state index in [0.29, 0.717) is 5.76 Å². The first-order valence-corrected chi connectivity index (χ1v) is 11.0. The molecule has 0 spiro atoms. The van der Waals surface area contributed by atoms with E-state index in [0.717, 1.165) is 11.0 Å². The molecule has 1 atom stereocenters. The summed E-state index contributed by atoms with van der Waals surface area (Å²) in [6.07, 6.45) is 0. The number of hydrogen-bond donors (Lipinski definition) is 2. The Morgan fingerprint density at radius 1 is 1.10 bits per heavy atom. The molecule has 2 N–H and O–H groups in total. The van der Waals surface area contributed by atoms with Crippen LogP contribution in [0.2, 0.25) is 0 Å². The largest absolute Gasteiger partial charge is 0.495 e. The Labute approximate surface area is 176 Å². The summed E-state index contributed by atoms with van der Waals surface area (Å²) in [7, 11) is -2.50. The van der Waals surface area contributed by atoms with Crippen LogP contribution in [0.1, 0.15) is 49.9 Å². The number of para-hydroxylation sites is 1. The van der Waals surface area contributed by atoms with Gasteiger partial charge in [-0.25, -0.2) is 13.1 Å². The maximum atomic E-state index is 12.8. The molecular formula is C22H26N2O5S. The Bertz CT molecular complexity index is 1140. The highest BCUT2D eigenvalue weighted by Gasteiger charge is 2.27. The first-order valence-electron chi connectivity index (χ1n) is 9.51. The maximum absolute atomic E-state index is 12.8. The lowest BCUT2D eigenvalue weighted by molar-refractivity contribution is 0.0935. The normalized spacial score (nSPS) is 13.2. The van der Waals surface area contributed by atoms with Gasteiger partial charge in [0.2, 0.25) is 10.0 Å². The summed E-state index contributed by atoms with van der Waals surface area (Å²) in [6.45, 7) is 7.02. The number of ether oxygens (including phenoxy) is 1. The molecule has 30 heavy (non-hydrogen) atoms. The molecule has 8 heteroatoms. The molecule has 0 aliphatic carbocycles. The highest BCUT2D eigenvalue weighted by molar-refractivity contribution is 7.89. The van der Waals surface area contributed by atoms with Gasteiger partial charge in [-0.1, -0.05) is 18.2 Å². The topological polar surface area (TPSA) is 97.6 Å². The third kappa shape index (κ3) is 4.83. The van der Waals surface area contributed by atoms with E-state index >= 15 is 0 Å². The van der Waals surface area contributed by atoms with Gasteiger partial charge in [0.05, 0.1) is 13.2 Å². The summed E-state index contributed by atoms with van der Waals surface area (Å²) in [4.78, 5) is 12.7. The van der Waals surface area contributed by atoms with Gasteiger partial charge in [-0.2, -0.15) is 0 Å². The molecule has 0 bridgehead atoms. The van der Waals surface area contributed by atoms with Crippen molar-refractivity contribution in [3.8, 4) is 5.75 Å². The fourth-order valence-electron chi connectivity index (χ4n) is 3.05. The number of furan rings is 1. The Hall–Kier alpha value is -2.84. The molecule has 7 nitrogen and oxygen atoms in total. The number of carbonyl (C=O) groups is 1. The van der Waals surface area contributed by atoms with Crippen LogP contribution in [0.15, 0.2) is 57.8 Å². The van der Waals surface area contributed by atoms with Crippen LogP contribution in [-0.2, 0) is 10.0 Å². The molecular weight excluding hydrogens is 404 g/mol. The van der Waals surface area contributed by atoms with Crippen LogP contribution in [0.4, 0.5) is 0 Å². The van der Waals surface area contributed by atoms with Crippen LogP contribution in [0.5, 0.6) is 5.75 Å². The Morgan fingerprint density at radius 3 is 2.43 bits per heavy atom. The molecule has 0 radical (unpaired) electrons. The Kier molecular flexibility index (Phi) is 5.92. The van der Waals surface area contributed by atoms with E-state index < -0.39 is 27.5 Å². The number of benzene rings is 2. The minimum atomic E-state index is -3.89. The maximum Gasteiger partial charge on any atom is 0.251 e. The zero-order valence-corrected chi connectivity index (χ0v) is 18.5. The molecule has 160 valence electrons. The number of carbonyl (C=O) groups excluding carboxylic acids is 1. The van der Waals surface area contributed by atoms with E-state index in [1.165, 1.54) is 25.3 Å². The second-order valence-electron chi connectivity index (χ2n) is 8.10. The Balaban J connectivity index is 1.87. The fraction of sp³-hybridized carbons (Fsp3) is 0.318. The van der Waals surface area contributed by atoms with Gasteiger partial charge in [-0.05, 0) is 58.0 Å². The van der Waals surface area contributed by atoms with E-state index in [4.69, 9.17) is 9.15 Å². The predicted molar refractivity (Wildman–Crippen MR) is 115 cm³/mol. The summed E-state index contributed by atoms with van der Waals surface area (Å²) < 4.78 is 39.2. The van der Waals surface area contributed by atoms with E-state index in [1.807, 2.05) is 30.3 Å². The third-order valence-corrected chi connectivity index (χ3v) is 6.15. The van der Waals surface area contributed by atoms with E-state index in [1.54, 1.807) is 27.7 Å². The molecule has 1 heterocycles. The number of fused-ring (bicyclic) bond motifs is 1. The van der Waals surface area contributed by atoms with Crippen molar-refractivity contribution in [3.63, 3.8) is 0 Å². The second-order valence-corrected chi connectivity index (χ2v) is 9.75. The van der Waals surface area contributed by atoms with Crippen molar-refractivity contribution < 1.29 is 22.4 Å². The van der Waals surface area contributed by atoms with Crippen molar-refractivity contribution >= 4 is 26.9 Å². The molecule has 0 saturated carbocycles. The summed E-state index contributed by atoms with van der Waals surface area (Å²) in [5.74, 6) is 0.353. The van der Waals surface area contributed by atoms with Crippen LogP contribution in [0.25, 0.3) is 11.0 Å². The average molecular weight is 431 g/mol. The SMILES string of the molecule is COc1ccc(C(=O)NC(C)c2cc3ccccc3o2)cc1S(=O)(=O)NC(C)(C)C. The van der Waals surface area contributed by atoms with Gasteiger partial charge in [-0.3, -0.25) is 4.79 Å². The van der Waals surface area contributed by atoms with Gasteiger partial charge >= 0.3 is 0 Å². The molecule has 0 saturated heterocycles. The predicted octanol–water partition coefficient (Wildman–Crippen LogP) is 4.01. The number of methoxy groups -OCH3 is 1. The quantitative estimate of drug-likeness (QED) is 0.616. The number of rotatable bonds is 6. The minimum absolute atomic E-state index is 0.0936. The minimum Gasteiger partial charge on any atom is -0.495 e. The van der Waals surface area contributed by atoms with Gasteiger partial charge in [0.15, 0.2) is 0 Å². The Morgan fingerprint density at radius 2 is 1.80 bits per heavy atom. The van der Waals surface area contributed by atoms with Crippen molar-refractivity contribution in [1.82, 2.24) is 10.0 Å². The standard InChI is InChI=1S/C22H26N2O5S/c1-14(19-12-15-8-6-7-9-17(15)29-19)23-21(25)16-10-11-18(28-5)20(13-16)30(26,27)24-22(2,3)4/h6-14,24H,1-5H3,(H,23,25). The lowest BCUT2D eigenvalue weighted by atomic mass is 10.1. The van der Waals surface area contributed by atoms with E-state index in [-0.39, 0.29) is 16.2 Å². The third-order valence-electron chi connectivity index (χ3n) is 4.37. The van der Waals surface area contributed by atoms with Gasteiger partial charge in [-0.15, -0.1) is 0 Å². The first kappa shape index (κ1) is 21.9. The monoisotopic (exact) mass is 430 g/mol. The highest BCUT2D eigenvalue weighted by Crippen LogP contribution is 2.27. The van der Waals surface area contributed by atoms with Crippen molar-refractivity contribution in [2.45, 2.75) is 44.2 Å². The number of hydrogen-bond acceptors (Lipinski definition) is 5. The fourth-order valence-corrected chi connectivity index (χ4v) is 4.67.